The Morgan fingerprint density at radius 1 is 1.10 bits per heavy atom. The molecule has 3 heteroatoms. The highest BCUT2D eigenvalue weighted by Gasteiger charge is 2.11. The lowest BCUT2D eigenvalue weighted by Gasteiger charge is -2.05. The zero-order valence-corrected chi connectivity index (χ0v) is 11.5. The van der Waals surface area contributed by atoms with Crippen LogP contribution in [0.25, 0.3) is 22.4 Å². The van der Waals surface area contributed by atoms with Gasteiger partial charge in [-0.15, -0.1) is 0 Å². The summed E-state index contributed by atoms with van der Waals surface area (Å²) in [7, 11) is 0. The number of pyridine rings is 1. The lowest BCUT2D eigenvalue weighted by atomic mass is 10.1. The Kier molecular flexibility index (Phi) is 3.52. The first-order valence-corrected chi connectivity index (χ1v) is 6.94. The molecule has 0 aliphatic heterocycles. The van der Waals surface area contributed by atoms with Crippen LogP contribution in [0.2, 0.25) is 0 Å². The van der Waals surface area contributed by atoms with E-state index >= 15 is 0 Å². The average Bonchev–Trinajstić information content (AvgIpc) is 2.97. The van der Waals surface area contributed by atoms with Crippen LogP contribution in [0.3, 0.4) is 0 Å². The molecule has 1 unspecified atom stereocenters. The van der Waals surface area contributed by atoms with Gasteiger partial charge in [-0.25, -0.2) is 4.98 Å². The molecular weight excluding hydrogens is 248 g/mol. The van der Waals surface area contributed by atoms with Crippen molar-refractivity contribution in [1.82, 2.24) is 4.98 Å². The minimum atomic E-state index is 0.342. The maximum absolute atomic E-state index is 5.91. The SMILES string of the molecule is CC(CCN)c1ccc(-c2ccc3ccccc3n2)o1. The van der Waals surface area contributed by atoms with Gasteiger partial charge in [0.25, 0.3) is 0 Å². The van der Waals surface area contributed by atoms with E-state index in [0.29, 0.717) is 12.5 Å². The molecule has 1 aromatic carbocycles. The first kappa shape index (κ1) is 12.9. The minimum absolute atomic E-state index is 0.342. The van der Waals surface area contributed by atoms with E-state index in [1.807, 2.05) is 36.4 Å². The molecular formula is C17H18N2O. The lowest BCUT2D eigenvalue weighted by Crippen LogP contribution is -2.03. The van der Waals surface area contributed by atoms with Gasteiger partial charge in [0.1, 0.15) is 11.5 Å². The fraction of sp³-hybridized carbons (Fsp3) is 0.235. The van der Waals surface area contributed by atoms with E-state index in [9.17, 15) is 0 Å². The summed E-state index contributed by atoms with van der Waals surface area (Å²) in [5.74, 6) is 2.13. The maximum Gasteiger partial charge on any atom is 0.152 e. The summed E-state index contributed by atoms with van der Waals surface area (Å²) >= 11 is 0. The smallest absolute Gasteiger partial charge is 0.152 e. The number of nitrogens with two attached hydrogens (primary N) is 1. The van der Waals surface area contributed by atoms with E-state index in [-0.39, 0.29) is 0 Å². The van der Waals surface area contributed by atoms with E-state index in [2.05, 4.69) is 24.0 Å². The van der Waals surface area contributed by atoms with Gasteiger partial charge in [0.15, 0.2) is 5.76 Å². The van der Waals surface area contributed by atoms with Gasteiger partial charge in [-0.05, 0) is 37.2 Å². The standard InChI is InChI=1S/C17H18N2O/c1-12(10-11-18)16-8-9-17(20-16)15-7-6-13-4-2-3-5-14(13)19-15/h2-9,12H,10-11,18H2,1H3. The Hall–Kier alpha value is -2.13. The number of hydrogen-bond acceptors (Lipinski definition) is 3. The van der Waals surface area contributed by atoms with Gasteiger partial charge in [0.2, 0.25) is 0 Å². The minimum Gasteiger partial charge on any atom is -0.459 e. The van der Waals surface area contributed by atoms with Gasteiger partial charge >= 0.3 is 0 Å². The van der Waals surface area contributed by atoms with Crippen LogP contribution in [0.1, 0.15) is 25.0 Å². The molecule has 3 rings (SSSR count). The van der Waals surface area contributed by atoms with Crippen LogP contribution in [-0.2, 0) is 0 Å². The highest BCUT2D eigenvalue weighted by molar-refractivity contribution is 5.80. The van der Waals surface area contributed by atoms with Crippen LogP contribution in [0, 0.1) is 0 Å². The number of fused-ring (bicyclic) bond motifs is 1. The fourth-order valence-electron chi connectivity index (χ4n) is 2.35. The van der Waals surface area contributed by atoms with E-state index in [1.165, 1.54) is 0 Å². The summed E-state index contributed by atoms with van der Waals surface area (Å²) in [4.78, 5) is 4.65. The fourth-order valence-corrected chi connectivity index (χ4v) is 2.35. The third kappa shape index (κ3) is 2.45. The van der Waals surface area contributed by atoms with Gasteiger partial charge in [-0.1, -0.05) is 31.2 Å². The maximum atomic E-state index is 5.91. The van der Waals surface area contributed by atoms with E-state index < -0.39 is 0 Å². The van der Waals surface area contributed by atoms with E-state index in [0.717, 1.165) is 34.5 Å². The molecule has 2 N–H and O–H groups in total. The largest absolute Gasteiger partial charge is 0.459 e. The normalized spacial score (nSPS) is 12.7. The van der Waals surface area contributed by atoms with Crippen LogP contribution in [0.4, 0.5) is 0 Å². The Morgan fingerprint density at radius 3 is 2.80 bits per heavy atom. The first-order valence-electron chi connectivity index (χ1n) is 6.94. The van der Waals surface area contributed by atoms with Gasteiger partial charge in [-0.2, -0.15) is 0 Å². The first-order chi connectivity index (χ1) is 9.78. The van der Waals surface area contributed by atoms with Crippen LogP contribution in [0.15, 0.2) is 52.9 Å². The third-order valence-electron chi connectivity index (χ3n) is 3.56. The lowest BCUT2D eigenvalue weighted by molar-refractivity contribution is 0.473. The van der Waals surface area contributed by atoms with Crippen molar-refractivity contribution in [2.75, 3.05) is 6.54 Å². The van der Waals surface area contributed by atoms with Gasteiger partial charge < -0.3 is 10.2 Å². The van der Waals surface area contributed by atoms with Crippen LogP contribution >= 0.6 is 0 Å². The zero-order valence-electron chi connectivity index (χ0n) is 11.5. The molecule has 0 aliphatic carbocycles. The Balaban J connectivity index is 1.94. The number of aromatic nitrogens is 1. The molecule has 0 amide bonds. The molecule has 2 heterocycles. The number of furan rings is 1. The molecule has 0 fully saturated rings. The molecule has 102 valence electrons. The average molecular weight is 266 g/mol. The number of nitrogens with zero attached hydrogens (tertiary/aromatic N) is 1. The zero-order chi connectivity index (χ0) is 13.9. The predicted molar refractivity (Wildman–Crippen MR) is 81.5 cm³/mol. The Bertz CT molecular complexity index is 718. The molecule has 20 heavy (non-hydrogen) atoms. The van der Waals surface area contributed by atoms with Crippen LogP contribution in [-0.4, -0.2) is 11.5 Å². The molecule has 3 nitrogen and oxygen atoms in total. The second-order valence-electron chi connectivity index (χ2n) is 5.07. The number of benzene rings is 1. The van der Waals surface area contributed by atoms with E-state index in [1.54, 1.807) is 0 Å². The molecule has 0 radical (unpaired) electrons. The topological polar surface area (TPSA) is 52.0 Å². The van der Waals surface area contributed by atoms with Gasteiger partial charge in [0, 0.05) is 11.3 Å². The quantitative estimate of drug-likeness (QED) is 0.778. The van der Waals surface area contributed by atoms with Crippen LogP contribution in [0.5, 0.6) is 0 Å². The second kappa shape index (κ2) is 5.47. The van der Waals surface area contributed by atoms with Crippen LogP contribution < -0.4 is 5.73 Å². The van der Waals surface area contributed by atoms with Crippen molar-refractivity contribution in [2.45, 2.75) is 19.3 Å². The summed E-state index contributed by atoms with van der Waals surface area (Å²) in [5.41, 5.74) is 7.45. The van der Waals surface area contributed by atoms with Gasteiger partial charge in [0.05, 0.1) is 5.52 Å². The van der Waals surface area contributed by atoms with Crippen molar-refractivity contribution in [3.05, 3.63) is 54.3 Å². The molecule has 2 aromatic heterocycles. The van der Waals surface area contributed by atoms with Crippen molar-refractivity contribution >= 4 is 10.9 Å². The molecule has 0 aliphatic rings. The molecule has 3 aromatic rings. The van der Waals surface area contributed by atoms with Crippen molar-refractivity contribution < 1.29 is 4.42 Å². The summed E-state index contributed by atoms with van der Waals surface area (Å²) in [6, 6.07) is 16.2. The number of hydrogen-bond donors (Lipinski definition) is 1. The predicted octanol–water partition coefficient (Wildman–Crippen LogP) is 3.95. The molecule has 1 atom stereocenters. The Morgan fingerprint density at radius 2 is 1.95 bits per heavy atom. The summed E-state index contributed by atoms with van der Waals surface area (Å²) in [6.45, 7) is 2.80. The molecule has 0 bridgehead atoms. The third-order valence-corrected chi connectivity index (χ3v) is 3.56. The molecule has 0 saturated heterocycles. The van der Waals surface area contributed by atoms with Crippen molar-refractivity contribution in [2.24, 2.45) is 5.73 Å². The van der Waals surface area contributed by atoms with E-state index in [4.69, 9.17) is 10.2 Å². The molecule has 0 spiro atoms. The monoisotopic (exact) mass is 266 g/mol. The summed E-state index contributed by atoms with van der Waals surface area (Å²) < 4.78 is 5.91. The van der Waals surface area contributed by atoms with Gasteiger partial charge in [-0.3, -0.25) is 0 Å². The summed E-state index contributed by atoms with van der Waals surface area (Å²) in [5, 5.41) is 1.14. The molecule has 0 saturated carbocycles. The van der Waals surface area contributed by atoms with Crippen molar-refractivity contribution in [3.8, 4) is 11.5 Å². The highest BCUT2D eigenvalue weighted by Crippen LogP contribution is 2.27. The summed E-state index contributed by atoms with van der Waals surface area (Å²) in [6.07, 6.45) is 0.929. The van der Waals surface area contributed by atoms with Crippen molar-refractivity contribution in [3.63, 3.8) is 0 Å². The number of rotatable bonds is 4. The Labute approximate surface area is 118 Å². The highest BCUT2D eigenvalue weighted by atomic mass is 16.3. The number of para-hydroxylation sites is 1. The van der Waals surface area contributed by atoms with Crippen molar-refractivity contribution in [1.29, 1.82) is 0 Å². The second-order valence-corrected chi connectivity index (χ2v) is 5.07.